The molecule has 0 radical (unpaired) electrons. The van der Waals surface area contributed by atoms with Crippen molar-refractivity contribution in [2.45, 2.75) is 12.8 Å². The molecule has 1 N–H and O–H groups in total. The largest absolute Gasteiger partial charge is 0.461 e. The van der Waals surface area contributed by atoms with Crippen LogP contribution in [0, 0.1) is 0 Å². The summed E-state index contributed by atoms with van der Waals surface area (Å²) < 4.78 is 29.2. The highest BCUT2D eigenvalue weighted by molar-refractivity contribution is 7.89. The van der Waals surface area contributed by atoms with E-state index in [-0.39, 0.29) is 11.5 Å². The molecule has 0 bridgehead atoms. The SMILES string of the molecule is CC(C(=O)NS(C)(=O)=O)c1cccc(C(=O)c2ccco2)c1. The summed E-state index contributed by atoms with van der Waals surface area (Å²) in [7, 11) is -3.62. The Balaban J connectivity index is 2.25. The lowest BCUT2D eigenvalue weighted by atomic mass is 9.97. The standard InChI is InChI=1S/C15H15NO5S/c1-10(15(18)16-22(2,19)20)11-5-3-6-12(9-11)14(17)13-7-4-8-21-13/h3-10H,1-2H3,(H,16,18). The lowest BCUT2D eigenvalue weighted by Crippen LogP contribution is -2.32. The fourth-order valence-electron chi connectivity index (χ4n) is 1.92. The quantitative estimate of drug-likeness (QED) is 0.846. The molecule has 0 saturated heterocycles. The van der Waals surface area contributed by atoms with Crippen LogP contribution in [0.15, 0.2) is 47.1 Å². The molecule has 0 fully saturated rings. The van der Waals surface area contributed by atoms with Crippen molar-refractivity contribution in [3.05, 3.63) is 59.5 Å². The van der Waals surface area contributed by atoms with Gasteiger partial charge in [0.25, 0.3) is 0 Å². The Kier molecular flexibility index (Phi) is 4.46. The summed E-state index contributed by atoms with van der Waals surface area (Å²) in [6.07, 6.45) is 2.31. The Morgan fingerprint density at radius 1 is 1.18 bits per heavy atom. The summed E-state index contributed by atoms with van der Waals surface area (Å²) >= 11 is 0. The fraction of sp³-hybridized carbons (Fsp3) is 0.200. The van der Waals surface area contributed by atoms with Gasteiger partial charge in [-0.2, -0.15) is 0 Å². The number of ketones is 1. The van der Waals surface area contributed by atoms with E-state index < -0.39 is 21.8 Å². The van der Waals surface area contributed by atoms with Crippen LogP contribution in [0.5, 0.6) is 0 Å². The first-order valence-electron chi connectivity index (χ1n) is 6.48. The molecular weight excluding hydrogens is 306 g/mol. The van der Waals surface area contributed by atoms with Crippen LogP contribution in [0.4, 0.5) is 0 Å². The van der Waals surface area contributed by atoms with Crippen molar-refractivity contribution in [1.29, 1.82) is 0 Å². The normalized spacial score (nSPS) is 12.6. The van der Waals surface area contributed by atoms with Crippen molar-refractivity contribution in [3.63, 3.8) is 0 Å². The number of carbonyl (C=O) groups excluding carboxylic acids is 2. The van der Waals surface area contributed by atoms with Gasteiger partial charge in [-0.15, -0.1) is 0 Å². The van der Waals surface area contributed by atoms with Crippen molar-refractivity contribution >= 4 is 21.7 Å². The maximum Gasteiger partial charge on any atom is 0.240 e. The topological polar surface area (TPSA) is 93.5 Å². The van der Waals surface area contributed by atoms with Crippen molar-refractivity contribution in [2.24, 2.45) is 0 Å². The van der Waals surface area contributed by atoms with Crippen molar-refractivity contribution in [1.82, 2.24) is 4.72 Å². The maximum absolute atomic E-state index is 12.2. The van der Waals surface area contributed by atoms with Crippen LogP contribution < -0.4 is 4.72 Å². The van der Waals surface area contributed by atoms with Crippen LogP contribution in [0.1, 0.15) is 34.5 Å². The van der Waals surface area contributed by atoms with Crippen molar-refractivity contribution < 1.29 is 22.4 Å². The van der Waals surface area contributed by atoms with Crippen molar-refractivity contribution in [3.8, 4) is 0 Å². The molecule has 7 heteroatoms. The predicted octanol–water partition coefficient (Wildman–Crippen LogP) is 1.69. The van der Waals surface area contributed by atoms with Crippen LogP contribution in [0.25, 0.3) is 0 Å². The molecule has 2 rings (SSSR count). The first kappa shape index (κ1) is 16.0. The van der Waals surface area contributed by atoms with E-state index in [1.807, 2.05) is 4.72 Å². The number of rotatable bonds is 5. The molecule has 22 heavy (non-hydrogen) atoms. The molecule has 0 aliphatic heterocycles. The number of hydrogen-bond acceptors (Lipinski definition) is 5. The first-order valence-corrected chi connectivity index (χ1v) is 8.37. The van der Waals surface area contributed by atoms with E-state index in [1.54, 1.807) is 43.3 Å². The second kappa shape index (κ2) is 6.15. The van der Waals surface area contributed by atoms with Crippen LogP contribution in [0.2, 0.25) is 0 Å². The van der Waals surface area contributed by atoms with E-state index in [4.69, 9.17) is 4.42 Å². The highest BCUT2D eigenvalue weighted by Gasteiger charge is 2.20. The van der Waals surface area contributed by atoms with Gasteiger partial charge < -0.3 is 4.42 Å². The maximum atomic E-state index is 12.2. The Morgan fingerprint density at radius 3 is 2.50 bits per heavy atom. The predicted molar refractivity (Wildman–Crippen MR) is 80.0 cm³/mol. The molecular formula is C15H15NO5S. The van der Waals surface area contributed by atoms with Gasteiger partial charge in [0.05, 0.1) is 18.4 Å². The molecule has 1 atom stereocenters. The number of hydrogen-bond donors (Lipinski definition) is 1. The second-order valence-electron chi connectivity index (χ2n) is 4.89. The Bertz CT molecular complexity index is 793. The molecule has 2 aromatic rings. The molecule has 1 heterocycles. The number of carbonyl (C=O) groups is 2. The van der Waals surface area contributed by atoms with E-state index in [0.29, 0.717) is 11.1 Å². The molecule has 0 aliphatic rings. The van der Waals surface area contributed by atoms with Gasteiger partial charge in [-0.05, 0) is 30.7 Å². The van der Waals surface area contributed by atoms with Gasteiger partial charge in [-0.3, -0.25) is 14.3 Å². The van der Waals surface area contributed by atoms with Crippen LogP contribution in [-0.2, 0) is 14.8 Å². The summed E-state index contributed by atoms with van der Waals surface area (Å²) in [5.74, 6) is -1.46. The van der Waals surface area contributed by atoms with Gasteiger partial charge >= 0.3 is 0 Å². The van der Waals surface area contributed by atoms with Gasteiger partial charge in [0.15, 0.2) is 5.76 Å². The van der Waals surface area contributed by atoms with E-state index in [9.17, 15) is 18.0 Å². The molecule has 1 amide bonds. The molecule has 1 unspecified atom stereocenters. The van der Waals surface area contributed by atoms with E-state index in [2.05, 4.69) is 0 Å². The molecule has 1 aromatic heterocycles. The minimum absolute atomic E-state index is 0.199. The van der Waals surface area contributed by atoms with E-state index in [1.165, 1.54) is 6.26 Å². The molecule has 0 aliphatic carbocycles. The lowest BCUT2D eigenvalue weighted by molar-refractivity contribution is -0.120. The van der Waals surface area contributed by atoms with E-state index >= 15 is 0 Å². The van der Waals surface area contributed by atoms with Gasteiger partial charge in [0, 0.05) is 5.56 Å². The monoisotopic (exact) mass is 321 g/mol. The number of benzene rings is 1. The Morgan fingerprint density at radius 2 is 1.91 bits per heavy atom. The fourth-order valence-corrected chi connectivity index (χ4v) is 2.46. The minimum atomic E-state index is -3.62. The highest BCUT2D eigenvalue weighted by Crippen LogP contribution is 2.19. The third-order valence-corrected chi connectivity index (χ3v) is 3.65. The first-order chi connectivity index (χ1) is 10.3. The van der Waals surface area contributed by atoms with Crippen LogP contribution in [-0.4, -0.2) is 26.4 Å². The van der Waals surface area contributed by atoms with E-state index in [0.717, 1.165) is 6.26 Å². The summed E-state index contributed by atoms with van der Waals surface area (Å²) in [5.41, 5.74) is 0.907. The van der Waals surface area contributed by atoms with Crippen LogP contribution >= 0.6 is 0 Å². The number of furan rings is 1. The molecule has 0 spiro atoms. The summed E-state index contributed by atoms with van der Waals surface area (Å²) in [5, 5.41) is 0. The third kappa shape index (κ3) is 3.82. The zero-order valence-electron chi connectivity index (χ0n) is 12.1. The van der Waals surface area contributed by atoms with Gasteiger partial charge in [0.1, 0.15) is 0 Å². The smallest absolute Gasteiger partial charge is 0.240 e. The molecule has 116 valence electrons. The summed E-state index contributed by atoms with van der Waals surface area (Å²) in [6.45, 7) is 1.57. The Hall–Kier alpha value is -2.41. The highest BCUT2D eigenvalue weighted by atomic mass is 32.2. The average molecular weight is 321 g/mol. The molecule has 0 saturated carbocycles. The van der Waals surface area contributed by atoms with Crippen molar-refractivity contribution in [2.75, 3.05) is 6.26 Å². The third-order valence-electron chi connectivity index (χ3n) is 3.07. The van der Waals surface area contributed by atoms with Gasteiger partial charge in [-0.25, -0.2) is 8.42 Å². The van der Waals surface area contributed by atoms with Crippen LogP contribution in [0.3, 0.4) is 0 Å². The number of sulfonamides is 1. The number of nitrogens with one attached hydrogen (secondary N) is 1. The molecule has 6 nitrogen and oxygen atoms in total. The Labute approximate surface area is 128 Å². The van der Waals surface area contributed by atoms with Gasteiger partial charge in [0.2, 0.25) is 21.7 Å². The zero-order chi connectivity index (χ0) is 16.3. The summed E-state index contributed by atoms with van der Waals surface area (Å²) in [6, 6.07) is 9.61. The average Bonchev–Trinajstić information content (AvgIpc) is 2.98. The van der Waals surface area contributed by atoms with Gasteiger partial charge in [-0.1, -0.05) is 18.2 Å². The number of amides is 1. The summed E-state index contributed by atoms with van der Waals surface area (Å²) in [4.78, 5) is 24.1. The zero-order valence-corrected chi connectivity index (χ0v) is 12.9. The second-order valence-corrected chi connectivity index (χ2v) is 6.64. The lowest BCUT2D eigenvalue weighted by Gasteiger charge is -2.12. The minimum Gasteiger partial charge on any atom is -0.461 e. The molecule has 1 aromatic carbocycles.